The van der Waals surface area contributed by atoms with E-state index < -0.39 is 60.6 Å². The number of ether oxygens (including phenoxy) is 3. The number of carbonyl (C=O) groups is 4. The predicted molar refractivity (Wildman–Crippen MR) is 163 cm³/mol. The van der Waals surface area contributed by atoms with E-state index in [2.05, 4.69) is 0 Å². The average Bonchev–Trinajstić information content (AvgIpc) is 3.02. The van der Waals surface area contributed by atoms with Crippen LogP contribution in [0.25, 0.3) is 18.2 Å². The predicted octanol–water partition coefficient (Wildman–Crippen LogP) is 3.59. The van der Waals surface area contributed by atoms with Crippen LogP contribution >= 0.6 is 0 Å². The number of carboxylic acid groups (broad SMARTS) is 1. The molecule has 238 valence electrons. The number of phenolic OH excluding ortho intramolecular Hbond substituents is 3. The summed E-state index contributed by atoms with van der Waals surface area (Å²) in [7, 11) is 0. The van der Waals surface area contributed by atoms with Crippen molar-refractivity contribution >= 4 is 42.1 Å². The molecule has 1 fully saturated rings. The van der Waals surface area contributed by atoms with Gasteiger partial charge in [-0.15, -0.1) is 0 Å². The lowest BCUT2D eigenvalue weighted by molar-refractivity contribution is -0.211. The van der Waals surface area contributed by atoms with Gasteiger partial charge >= 0.3 is 23.9 Å². The highest BCUT2D eigenvalue weighted by Crippen LogP contribution is 2.35. The van der Waals surface area contributed by atoms with Crippen molar-refractivity contribution in [3.8, 4) is 17.2 Å². The van der Waals surface area contributed by atoms with E-state index in [1.54, 1.807) is 0 Å². The molecule has 3 aromatic carbocycles. The largest absolute Gasteiger partial charge is 0.508 e. The topological polar surface area (TPSA) is 197 Å². The van der Waals surface area contributed by atoms with E-state index in [9.17, 15) is 44.7 Å². The van der Waals surface area contributed by atoms with Gasteiger partial charge in [-0.2, -0.15) is 0 Å². The zero-order chi connectivity index (χ0) is 33.3. The maximum atomic E-state index is 12.9. The summed E-state index contributed by atoms with van der Waals surface area (Å²) in [6.07, 6.45) is 1.11. The number of aliphatic carboxylic acids is 1. The molecule has 0 radical (unpaired) electrons. The van der Waals surface area contributed by atoms with Gasteiger partial charge in [0.05, 0.1) is 0 Å². The molecule has 1 aliphatic carbocycles. The van der Waals surface area contributed by atoms with Gasteiger partial charge in [-0.3, -0.25) is 0 Å². The summed E-state index contributed by atoms with van der Waals surface area (Å²) in [6, 6.07) is 17.6. The van der Waals surface area contributed by atoms with E-state index in [4.69, 9.17) is 14.2 Å². The third-order valence-electron chi connectivity index (χ3n) is 6.91. The van der Waals surface area contributed by atoms with Crippen molar-refractivity contribution in [3.63, 3.8) is 0 Å². The molecule has 46 heavy (non-hydrogen) atoms. The normalized spacial score (nSPS) is 21.3. The van der Waals surface area contributed by atoms with Gasteiger partial charge in [-0.05, 0) is 71.3 Å². The van der Waals surface area contributed by atoms with Crippen molar-refractivity contribution < 1.29 is 58.9 Å². The Morgan fingerprint density at radius 2 is 0.870 bits per heavy atom. The summed E-state index contributed by atoms with van der Waals surface area (Å²) in [5.41, 5.74) is -0.949. The zero-order valence-corrected chi connectivity index (χ0v) is 24.1. The molecule has 0 heterocycles. The van der Waals surface area contributed by atoms with Crippen LogP contribution in [0.15, 0.2) is 91.0 Å². The van der Waals surface area contributed by atoms with Crippen molar-refractivity contribution in [1.82, 2.24) is 0 Å². The molecule has 0 aliphatic heterocycles. The van der Waals surface area contributed by atoms with Gasteiger partial charge in [0.1, 0.15) is 29.5 Å². The molecule has 12 nitrogen and oxygen atoms in total. The monoisotopic (exact) mass is 630 g/mol. The van der Waals surface area contributed by atoms with E-state index in [-0.39, 0.29) is 17.2 Å². The maximum Gasteiger partial charge on any atom is 0.335 e. The molecular weight excluding hydrogens is 600 g/mol. The number of hydrogen-bond donors (Lipinski definition) is 5. The van der Waals surface area contributed by atoms with Crippen molar-refractivity contribution in [2.75, 3.05) is 0 Å². The highest BCUT2D eigenvalue weighted by atomic mass is 16.6. The minimum absolute atomic E-state index is 0.0116. The molecule has 1 aliphatic rings. The fraction of sp³-hybridized carbons (Fsp3) is 0.176. The number of phenols is 3. The standard InChI is InChI=1S/C34H30O12/c35-24-10-1-21(2-11-24)7-16-29(38)44-27-19-34(43,33(41)42)20-28(45-30(39)17-8-22-3-12-25(36)13-4-22)32(27)46-31(40)18-9-23-5-14-26(37)15-6-23/h1-18,27-28,32,35-37,43H,19-20H2,(H,41,42)/b16-7+,17-8+,18-9+/t27-,28-,32?,34?/m1/s1. The van der Waals surface area contributed by atoms with Crippen molar-refractivity contribution in [1.29, 1.82) is 0 Å². The van der Waals surface area contributed by atoms with E-state index >= 15 is 0 Å². The van der Waals surface area contributed by atoms with Crippen LogP contribution < -0.4 is 0 Å². The first-order chi connectivity index (χ1) is 21.9. The molecule has 4 rings (SSSR count). The molecule has 0 unspecified atom stereocenters. The molecule has 1 saturated carbocycles. The molecule has 0 aromatic heterocycles. The summed E-state index contributed by atoms with van der Waals surface area (Å²) in [4.78, 5) is 50.6. The minimum atomic E-state index is -2.53. The average molecular weight is 631 g/mol. The number of aliphatic hydroxyl groups is 1. The summed E-state index contributed by atoms with van der Waals surface area (Å²) in [5, 5.41) is 49.2. The Bertz CT molecular complexity index is 1560. The number of benzene rings is 3. The van der Waals surface area contributed by atoms with Gasteiger partial charge in [0.15, 0.2) is 11.7 Å². The van der Waals surface area contributed by atoms with Gasteiger partial charge in [0.2, 0.25) is 0 Å². The van der Waals surface area contributed by atoms with E-state index in [1.807, 2.05) is 0 Å². The zero-order valence-electron chi connectivity index (χ0n) is 24.1. The van der Waals surface area contributed by atoms with Gasteiger partial charge in [0.25, 0.3) is 0 Å². The SMILES string of the molecule is O=C(/C=C/c1ccc(O)cc1)OC1[C@H](OC(=O)/C=C/c2ccc(O)cc2)CC(O)(C(=O)O)C[C@H]1OC(=O)/C=C/c1ccc(O)cc1. The summed E-state index contributed by atoms with van der Waals surface area (Å²) >= 11 is 0. The quantitative estimate of drug-likeness (QED) is 0.124. The van der Waals surface area contributed by atoms with Crippen LogP contribution in [-0.2, 0) is 33.4 Å². The van der Waals surface area contributed by atoms with Crippen LogP contribution in [0, 0.1) is 0 Å². The van der Waals surface area contributed by atoms with Crippen LogP contribution in [0.3, 0.4) is 0 Å². The van der Waals surface area contributed by atoms with Crippen LogP contribution in [0.5, 0.6) is 17.2 Å². The number of esters is 3. The van der Waals surface area contributed by atoms with Gasteiger partial charge in [0, 0.05) is 31.1 Å². The van der Waals surface area contributed by atoms with Crippen LogP contribution in [0.2, 0.25) is 0 Å². The summed E-state index contributed by atoms with van der Waals surface area (Å²) in [6.45, 7) is 0. The third kappa shape index (κ3) is 9.31. The summed E-state index contributed by atoms with van der Waals surface area (Å²) < 4.78 is 16.5. The Morgan fingerprint density at radius 3 is 1.17 bits per heavy atom. The molecule has 0 spiro atoms. The summed E-state index contributed by atoms with van der Waals surface area (Å²) in [5.74, 6) is -4.56. The van der Waals surface area contributed by atoms with Crippen LogP contribution in [0.1, 0.15) is 29.5 Å². The lowest BCUT2D eigenvalue weighted by Crippen LogP contribution is -2.59. The second-order valence-electron chi connectivity index (χ2n) is 10.4. The Hall–Kier alpha value is -5.88. The molecule has 5 N–H and O–H groups in total. The first-order valence-corrected chi connectivity index (χ1v) is 13.9. The first-order valence-electron chi connectivity index (χ1n) is 13.9. The first kappa shape index (κ1) is 33.0. The van der Waals surface area contributed by atoms with Crippen LogP contribution in [0.4, 0.5) is 0 Å². The Labute approximate surface area is 262 Å². The molecule has 0 amide bonds. The highest BCUT2D eigenvalue weighted by Gasteiger charge is 2.54. The van der Waals surface area contributed by atoms with Gasteiger partial charge in [-0.25, -0.2) is 19.2 Å². The molecule has 3 aromatic rings. The number of rotatable bonds is 10. The lowest BCUT2D eigenvalue weighted by Gasteiger charge is -2.41. The number of carboxylic acids is 1. The Morgan fingerprint density at radius 1 is 0.565 bits per heavy atom. The Balaban J connectivity index is 1.59. The number of aromatic hydroxyl groups is 3. The molecule has 2 atom stereocenters. The minimum Gasteiger partial charge on any atom is -0.508 e. The van der Waals surface area contributed by atoms with Crippen molar-refractivity contribution in [2.24, 2.45) is 0 Å². The van der Waals surface area contributed by atoms with Crippen LogP contribution in [-0.4, -0.2) is 73.3 Å². The van der Waals surface area contributed by atoms with Crippen molar-refractivity contribution in [2.45, 2.75) is 36.8 Å². The van der Waals surface area contributed by atoms with Gasteiger partial charge in [-0.1, -0.05) is 36.4 Å². The highest BCUT2D eigenvalue weighted by molar-refractivity contribution is 5.89. The molecule has 12 heteroatoms. The number of hydrogen-bond acceptors (Lipinski definition) is 11. The second kappa shape index (κ2) is 14.7. The second-order valence-corrected chi connectivity index (χ2v) is 10.4. The van der Waals surface area contributed by atoms with Gasteiger partial charge < -0.3 is 39.7 Å². The number of carbonyl (C=O) groups excluding carboxylic acids is 3. The lowest BCUT2D eigenvalue weighted by atomic mass is 9.79. The van der Waals surface area contributed by atoms with E-state index in [0.717, 1.165) is 18.2 Å². The molecule has 0 bridgehead atoms. The third-order valence-corrected chi connectivity index (χ3v) is 6.91. The maximum absolute atomic E-state index is 12.9. The van der Waals surface area contributed by atoms with E-state index in [0.29, 0.717) is 16.7 Å². The van der Waals surface area contributed by atoms with E-state index in [1.165, 1.54) is 91.0 Å². The van der Waals surface area contributed by atoms with Crippen molar-refractivity contribution in [3.05, 3.63) is 108 Å². The Kier molecular flexibility index (Phi) is 10.6. The fourth-order valence-electron chi connectivity index (χ4n) is 4.56. The smallest absolute Gasteiger partial charge is 0.335 e. The molecular formula is C34H30O12. The molecule has 0 saturated heterocycles. The fourth-order valence-corrected chi connectivity index (χ4v) is 4.56.